The minimum atomic E-state index is -4.13. The SMILES string of the molecule is CC(CC(C)(O)CN)N(C)CCC(F)(F)F. The Morgan fingerprint density at radius 2 is 1.88 bits per heavy atom. The molecular weight excluding hydrogens is 221 g/mol. The van der Waals surface area contributed by atoms with Crippen LogP contribution in [0.5, 0.6) is 0 Å². The summed E-state index contributed by atoms with van der Waals surface area (Å²) in [6.45, 7) is 3.40. The maximum absolute atomic E-state index is 12.0. The topological polar surface area (TPSA) is 49.5 Å². The van der Waals surface area contributed by atoms with Crippen molar-refractivity contribution in [3.63, 3.8) is 0 Å². The van der Waals surface area contributed by atoms with Gasteiger partial charge in [-0.3, -0.25) is 0 Å². The lowest BCUT2D eigenvalue weighted by Crippen LogP contribution is -2.42. The van der Waals surface area contributed by atoms with Crippen molar-refractivity contribution in [3.05, 3.63) is 0 Å². The molecule has 0 aliphatic heterocycles. The Hall–Kier alpha value is -0.330. The summed E-state index contributed by atoms with van der Waals surface area (Å²) >= 11 is 0. The van der Waals surface area contributed by atoms with Gasteiger partial charge in [-0.25, -0.2) is 0 Å². The lowest BCUT2D eigenvalue weighted by Gasteiger charge is -2.31. The maximum Gasteiger partial charge on any atom is 0.390 e. The van der Waals surface area contributed by atoms with Crippen molar-refractivity contribution in [2.75, 3.05) is 20.1 Å². The smallest absolute Gasteiger partial charge is 0.389 e. The number of halogens is 3. The molecule has 0 saturated carbocycles. The van der Waals surface area contributed by atoms with Gasteiger partial charge < -0.3 is 15.7 Å². The molecule has 0 radical (unpaired) electrons. The molecular formula is C10H21F3N2O. The van der Waals surface area contributed by atoms with Crippen LogP contribution in [0, 0.1) is 0 Å². The Labute approximate surface area is 94.4 Å². The van der Waals surface area contributed by atoms with E-state index in [9.17, 15) is 18.3 Å². The van der Waals surface area contributed by atoms with Crippen LogP contribution in [0.4, 0.5) is 13.2 Å². The van der Waals surface area contributed by atoms with Crippen LogP contribution in [0.25, 0.3) is 0 Å². The Balaban J connectivity index is 4.04. The van der Waals surface area contributed by atoms with Crippen LogP contribution in [-0.4, -0.2) is 48.0 Å². The van der Waals surface area contributed by atoms with Gasteiger partial charge in [0, 0.05) is 19.1 Å². The predicted octanol–water partition coefficient (Wildman–Crippen LogP) is 1.36. The van der Waals surface area contributed by atoms with Gasteiger partial charge >= 0.3 is 6.18 Å². The third-order valence-corrected chi connectivity index (χ3v) is 2.68. The van der Waals surface area contributed by atoms with Gasteiger partial charge in [0.1, 0.15) is 0 Å². The highest BCUT2D eigenvalue weighted by atomic mass is 19.4. The van der Waals surface area contributed by atoms with Crippen LogP contribution >= 0.6 is 0 Å². The van der Waals surface area contributed by atoms with Gasteiger partial charge in [0.2, 0.25) is 0 Å². The zero-order valence-corrected chi connectivity index (χ0v) is 10.0. The van der Waals surface area contributed by atoms with E-state index in [1.165, 1.54) is 0 Å². The molecule has 98 valence electrons. The lowest BCUT2D eigenvalue weighted by molar-refractivity contribution is -0.138. The molecule has 0 amide bonds. The largest absolute Gasteiger partial charge is 0.390 e. The molecule has 0 spiro atoms. The van der Waals surface area contributed by atoms with Crippen LogP contribution in [-0.2, 0) is 0 Å². The van der Waals surface area contributed by atoms with E-state index < -0.39 is 18.2 Å². The summed E-state index contributed by atoms with van der Waals surface area (Å²) in [5.41, 5.74) is 4.33. The van der Waals surface area contributed by atoms with Crippen LogP contribution in [0.1, 0.15) is 26.7 Å². The first-order chi connectivity index (χ1) is 7.07. The van der Waals surface area contributed by atoms with Crippen molar-refractivity contribution in [2.24, 2.45) is 5.73 Å². The van der Waals surface area contributed by atoms with E-state index in [2.05, 4.69) is 0 Å². The fourth-order valence-corrected chi connectivity index (χ4v) is 1.40. The van der Waals surface area contributed by atoms with Gasteiger partial charge in [-0.1, -0.05) is 0 Å². The summed E-state index contributed by atoms with van der Waals surface area (Å²) in [6.07, 6.45) is -4.61. The van der Waals surface area contributed by atoms with E-state index >= 15 is 0 Å². The Bertz CT molecular complexity index is 207. The lowest BCUT2D eigenvalue weighted by atomic mass is 9.97. The molecule has 0 heterocycles. The van der Waals surface area contributed by atoms with Crippen molar-refractivity contribution in [1.29, 1.82) is 0 Å². The number of hydrogen-bond donors (Lipinski definition) is 2. The second-order valence-electron chi connectivity index (χ2n) is 4.60. The first-order valence-corrected chi connectivity index (χ1v) is 5.27. The van der Waals surface area contributed by atoms with Gasteiger partial charge in [0.25, 0.3) is 0 Å². The number of aliphatic hydroxyl groups is 1. The van der Waals surface area contributed by atoms with Gasteiger partial charge in [-0.15, -0.1) is 0 Å². The maximum atomic E-state index is 12.0. The highest BCUT2D eigenvalue weighted by molar-refractivity contribution is 4.79. The molecule has 0 aliphatic rings. The van der Waals surface area contributed by atoms with Crippen molar-refractivity contribution >= 4 is 0 Å². The van der Waals surface area contributed by atoms with Crippen molar-refractivity contribution in [1.82, 2.24) is 4.90 Å². The Morgan fingerprint density at radius 1 is 1.38 bits per heavy atom. The summed E-state index contributed by atoms with van der Waals surface area (Å²) in [5, 5.41) is 9.70. The van der Waals surface area contributed by atoms with Crippen molar-refractivity contribution in [2.45, 2.75) is 44.5 Å². The second-order valence-corrected chi connectivity index (χ2v) is 4.60. The number of rotatable bonds is 6. The molecule has 0 aromatic carbocycles. The molecule has 0 aromatic rings. The second kappa shape index (κ2) is 5.84. The van der Waals surface area contributed by atoms with Crippen LogP contribution in [0.2, 0.25) is 0 Å². The number of hydrogen-bond acceptors (Lipinski definition) is 3. The molecule has 3 nitrogen and oxygen atoms in total. The summed E-state index contributed by atoms with van der Waals surface area (Å²) in [5.74, 6) is 0. The number of nitrogens with two attached hydrogens (primary N) is 1. The van der Waals surface area contributed by atoms with E-state index in [0.717, 1.165) is 0 Å². The fraction of sp³-hybridized carbons (Fsp3) is 1.00. The molecule has 16 heavy (non-hydrogen) atoms. The summed E-state index contributed by atoms with van der Waals surface area (Å²) in [4.78, 5) is 1.58. The van der Waals surface area contributed by atoms with E-state index in [-0.39, 0.29) is 19.1 Å². The molecule has 6 heteroatoms. The summed E-state index contributed by atoms with van der Waals surface area (Å²) < 4.78 is 36.0. The number of nitrogens with zero attached hydrogens (tertiary/aromatic N) is 1. The van der Waals surface area contributed by atoms with E-state index in [0.29, 0.717) is 6.42 Å². The third-order valence-electron chi connectivity index (χ3n) is 2.68. The van der Waals surface area contributed by atoms with Crippen LogP contribution in [0.15, 0.2) is 0 Å². The zero-order valence-electron chi connectivity index (χ0n) is 10.0. The van der Waals surface area contributed by atoms with Crippen molar-refractivity contribution in [3.8, 4) is 0 Å². The predicted molar refractivity (Wildman–Crippen MR) is 57.1 cm³/mol. The Kier molecular flexibility index (Phi) is 5.72. The standard InChI is InChI=1S/C10H21F3N2O/c1-8(6-9(2,16)7-14)15(3)5-4-10(11,12)13/h8,16H,4-7,14H2,1-3H3. The molecule has 0 bridgehead atoms. The van der Waals surface area contributed by atoms with Crippen LogP contribution < -0.4 is 5.73 Å². The molecule has 0 fully saturated rings. The van der Waals surface area contributed by atoms with Gasteiger partial charge in [0.15, 0.2) is 0 Å². The fourth-order valence-electron chi connectivity index (χ4n) is 1.40. The third kappa shape index (κ3) is 7.03. The van der Waals surface area contributed by atoms with E-state index in [1.54, 1.807) is 25.8 Å². The molecule has 0 rings (SSSR count). The minimum Gasteiger partial charge on any atom is -0.389 e. The monoisotopic (exact) mass is 242 g/mol. The molecule has 3 N–H and O–H groups in total. The molecule has 0 aliphatic carbocycles. The highest BCUT2D eigenvalue weighted by Gasteiger charge is 2.29. The average Bonchev–Trinajstić information content (AvgIpc) is 2.12. The Morgan fingerprint density at radius 3 is 2.25 bits per heavy atom. The summed E-state index contributed by atoms with van der Waals surface area (Å²) in [7, 11) is 1.61. The molecule has 0 aromatic heterocycles. The van der Waals surface area contributed by atoms with Gasteiger partial charge in [-0.05, 0) is 27.3 Å². The van der Waals surface area contributed by atoms with Crippen molar-refractivity contribution < 1.29 is 18.3 Å². The minimum absolute atomic E-state index is 0.0642. The average molecular weight is 242 g/mol. The highest BCUT2D eigenvalue weighted by Crippen LogP contribution is 2.21. The first-order valence-electron chi connectivity index (χ1n) is 5.27. The zero-order chi connectivity index (χ0) is 13.0. The van der Waals surface area contributed by atoms with Crippen LogP contribution in [0.3, 0.4) is 0 Å². The normalized spacial score (nSPS) is 18.6. The molecule has 0 saturated heterocycles. The van der Waals surface area contributed by atoms with E-state index in [4.69, 9.17) is 5.73 Å². The molecule has 2 unspecified atom stereocenters. The first kappa shape index (κ1) is 15.7. The van der Waals surface area contributed by atoms with Gasteiger partial charge in [0.05, 0.1) is 12.0 Å². The molecule has 2 atom stereocenters. The quantitative estimate of drug-likeness (QED) is 0.739. The summed E-state index contributed by atoms with van der Waals surface area (Å²) in [6, 6.07) is -0.138. The van der Waals surface area contributed by atoms with Gasteiger partial charge in [-0.2, -0.15) is 13.2 Å². The van der Waals surface area contributed by atoms with E-state index in [1.807, 2.05) is 0 Å². The number of alkyl halides is 3.